The zero-order chi connectivity index (χ0) is 15.3. The third-order valence-corrected chi connectivity index (χ3v) is 5.35. The second-order valence-electron chi connectivity index (χ2n) is 6.79. The number of hydrogen-bond donors (Lipinski definition) is 0. The maximum Gasteiger partial charge on any atom is 0.235 e. The van der Waals surface area contributed by atoms with Crippen molar-refractivity contribution in [2.45, 2.75) is 56.9 Å². The highest BCUT2D eigenvalue weighted by Gasteiger charge is 2.35. The fourth-order valence-corrected chi connectivity index (χ4v) is 3.96. The highest BCUT2D eigenvalue weighted by atomic mass is 16.1. The first-order valence-corrected chi connectivity index (χ1v) is 8.73. The summed E-state index contributed by atoms with van der Waals surface area (Å²) in [6.07, 6.45) is 11.3. The molecule has 22 heavy (non-hydrogen) atoms. The Kier molecular flexibility index (Phi) is 5.07. The Bertz CT molecular complexity index is 519. The number of rotatable bonds is 5. The van der Waals surface area contributed by atoms with Crippen molar-refractivity contribution in [1.29, 1.82) is 0 Å². The van der Waals surface area contributed by atoms with Crippen molar-refractivity contribution in [3.8, 4) is 0 Å². The molecule has 0 amide bonds. The van der Waals surface area contributed by atoms with Gasteiger partial charge in [0, 0.05) is 6.54 Å². The summed E-state index contributed by atoms with van der Waals surface area (Å²) in [6, 6.07) is 8.80. The summed E-state index contributed by atoms with van der Waals surface area (Å²) >= 11 is 0. The largest absolute Gasteiger partial charge is 0.303 e. The van der Waals surface area contributed by atoms with E-state index in [0.29, 0.717) is 0 Å². The van der Waals surface area contributed by atoms with Crippen LogP contribution in [0.25, 0.3) is 0 Å². The van der Waals surface area contributed by atoms with Gasteiger partial charge in [0.2, 0.25) is 6.08 Å². The van der Waals surface area contributed by atoms with Gasteiger partial charge >= 0.3 is 0 Å². The van der Waals surface area contributed by atoms with Crippen molar-refractivity contribution in [3.05, 3.63) is 35.4 Å². The van der Waals surface area contributed by atoms with E-state index in [0.717, 1.165) is 38.6 Å². The van der Waals surface area contributed by atoms with E-state index in [4.69, 9.17) is 0 Å². The molecule has 3 heteroatoms. The Balaban J connectivity index is 1.63. The van der Waals surface area contributed by atoms with Gasteiger partial charge in [0.15, 0.2) is 0 Å². The van der Waals surface area contributed by atoms with Gasteiger partial charge in [-0.05, 0) is 56.3 Å². The average Bonchev–Trinajstić information content (AvgIpc) is 3.05. The maximum absolute atomic E-state index is 10.8. The lowest BCUT2D eigenvalue weighted by molar-refractivity contribution is 0.231. The van der Waals surface area contributed by atoms with Crippen LogP contribution in [-0.2, 0) is 16.8 Å². The molecule has 2 fully saturated rings. The van der Waals surface area contributed by atoms with Crippen LogP contribution in [0, 0.1) is 0 Å². The summed E-state index contributed by atoms with van der Waals surface area (Å²) in [6.45, 7) is 3.68. The van der Waals surface area contributed by atoms with E-state index in [9.17, 15) is 4.79 Å². The molecule has 0 N–H and O–H groups in total. The van der Waals surface area contributed by atoms with Crippen LogP contribution in [0.2, 0.25) is 0 Å². The fourth-order valence-electron chi connectivity index (χ4n) is 3.96. The van der Waals surface area contributed by atoms with Crippen molar-refractivity contribution in [3.63, 3.8) is 0 Å². The van der Waals surface area contributed by atoms with Crippen molar-refractivity contribution >= 4 is 6.08 Å². The molecule has 0 bridgehead atoms. The summed E-state index contributed by atoms with van der Waals surface area (Å²) < 4.78 is 0. The van der Waals surface area contributed by atoms with E-state index in [-0.39, 0.29) is 5.54 Å². The topological polar surface area (TPSA) is 32.7 Å². The lowest BCUT2D eigenvalue weighted by atomic mass is 9.88. The molecular formula is C19H26N2O. The molecule has 3 nitrogen and oxygen atoms in total. The number of likely N-dealkylation sites (tertiary alicyclic amines) is 1. The van der Waals surface area contributed by atoms with Crippen LogP contribution < -0.4 is 0 Å². The van der Waals surface area contributed by atoms with Gasteiger partial charge in [-0.2, -0.15) is 4.99 Å². The zero-order valence-corrected chi connectivity index (χ0v) is 13.4. The SMILES string of the molecule is O=C=NC1(c2ccc(CCN3CCCCC3)cc2)CCCC1. The van der Waals surface area contributed by atoms with E-state index in [1.54, 1.807) is 6.08 Å². The first-order valence-electron chi connectivity index (χ1n) is 8.73. The molecule has 1 aliphatic carbocycles. The van der Waals surface area contributed by atoms with Crippen LogP contribution in [0.15, 0.2) is 29.3 Å². The van der Waals surface area contributed by atoms with E-state index >= 15 is 0 Å². The highest BCUT2D eigenvalue weighted by molar-refractivity contribution is 5.39. The van der Waals surface area contributed by atoms with Crippen LogP contribution >= 0.6 is 0 Å². The van der Waals surface area contributed by atoms with Gasteiger partial charge in [-0.15, -0.1) is 0 Å². The van der Waals surface area contributed by atoms with Crippen molar-refractivity contribution < 1.29 is 4.79 Å². The molecule has 118 valence electrons. The molecule has 1 heterocycles. The molecule has 2 aliphatic rings. The number of aliphatic imine (C=N–C) groups is 1. The molecule has 1 saturated heterocycles. The van der Waals surface area contributed by atoms with Gasteiger partial charge in [-0.3, -0.25) is 0 Å². The lowest BCUT2D eigenvalue weighted by Crippen LogP contribution is -2.31. The van der Waals surface area contributed by atoms with Crippen LogP contribution in [0.3, 0.4) is 0 Å². The Morgan fingerprint density at radius 3 is 2.32 bits per heavy atom. The lowest BCUT2D eigenvalue weighted by Gasteiger charge is -2.26. The van der Waals surface area contributed by atoms with Crippen molar-refractivity contribution in [2.75, 3.05) is 19.6 Å². The standard InChI is InChI=1S/C19H26N2O/c22-16-20-19(11-2-3-12-19)18-8-6-17(7-9-18)10-15-21-13-4-1-5-14-21/h6-9H,1-5,10-15H2. The molecule has 0 aromatic heterocycles. The van der Waals surface area contributed by atoms with E-state index in [1.807, 2.05) is 0 Å². The second-order valence-corrected chi connectivity index (χ2v) is 6.79. The molecule has 1 aliphatic heterocycles. The third kappa shape index (κ3) is 3.48. The highest BCUT2D eigenvalue weighted by Crippen LogP contribution is 2.42. The zero-order valence-electron chi connectivity index (χ0n) is 13.4. The van der Waals surface area contributed by atoms with Gasteiger partial charge in [-0.25, -0.2) is 4.79 Å². The summed E-state index contributed by atoms with van der Waals surface area (Å²) in [5.74, 6) is 0. The Morgan fingerprint density at radius 2 is 1.68 bits per heavy atom. The molecule has 1 aromatic carbocycles. The summed E-state index contributed by atoms with van der Waals surface area (Å²) in [5, 5.41) is 0. The molecule has 0 spiro atoms. The van der Waals surface area contributed by atoms with E-state index in [1.165, 1.54) is 43.5 Å². The number of benzene rings is 1. The predicted molar refractivity (Wildman–Crippen MR) is 88.7 cm³/mol. The van der Waals surface area contributed by atoms with Crippen LogP contribution in [0.5, 0.6) is 0 Å². The van der Waals surface area contributed by atoms with Gasteiger partial charge in [-0.1, -0.05) is 43.5 Å². The fraction of sp³-hybridized carbons (Fsp3) is 0.632. The summed E-state index contributed by atoms with van der Waals surface area (Å²) in [7, 11) is 0. The molecule has 3 rings (SSSR count). The maximum atomic E-state index is 10.8. The quantitative estimate of drug-likeness (QED) is 0.611. The van der Waals surface area contributed by atoms with Crippen LogP contribution in [-0.4, -0.2) is 30.6 Å². The Morgan fingerprint density at radius 1 is 1.00 bits per heavy atom. The minimum atomic E-state index is -0.285. The van der Waals surface area contributed by atoms with Crippen LogP contribution in [0.1, 0.15) is 56.1 Å². The first-order chi connectivity index (χ1) is 10.8. The van der Waals surface area contributed by atoms with E-state index < -0.39 is 0 Å². The molecule has 1 saturated carbocycles. The van der Waals surface area contributed by atoms with Gasteiger partial charge in [0.1, 0.15) is 0 Å². The average molecular weight is 298 g/mol. The number of hydrogen-bond acceptors (Lipinski definition) is 3. The molecule has 0 radical (unpaired) electrons. The number of piperidine rings is 1. The van der Waals surface area contributed by atoms with Crippen molar-refractivity contribution in [2.24, 2.45) is 4.99 Å². The van der Waals surface area contributed by atoms with Crippen molar-refractivity contribution in [1.82, 2.24) is 4.90 Å². The third-order valence-electron chi connectivity index (χ3n) is 5.35. The summed E-state index contributed by atoms with van der Waals surface area (Å²) in [4.78, 5) is 17.5. The first kappa shape index (κ1) is 15.5. The number of nitrogens with zero attached hydrogens (tertiary/aromatic N) is 2. The normalized spacial score (nSPS) is 21.5. The molecule has 0 atom stereocenters. The predicted octanol–water partition coefficient (Wildman–Crippen LogP) is 3.82. The monoisotopic (exact) mass is 298 g/mol. The second kappa shape index (κ2) is 7.21. The Labute approximate surface area is 133 Å². The van der Waals surface area contributed by atoms with Gasteiger partial charge in [0.25, 0.3) is 0 Å². The van der Waals surface area contributed by atoms with Gasteiger partial charge < -0.3 is 4.90 Å². The summed E-state index contributed by atoms with van der Waals surface area (Å²) in [5.41, 5.74) is 2.29. The molecular weight excluding hydrogens is 272 g/mol. The minimum absolute atomic E-state index is 0.285. The van der Waals surface area contributed by atoms with E-state index in [2.05, 4.69) is 34.2 Å². The van der Waals surface area contributed by atoms with Crippen LogP contribution in [0.4, 0.5) is 0 Å². The Hall–Kier alpha value is -1.44. The number of isocyanates is 1. The minimum Gasteiger partial charge on any atom is -0.303 e. The number of carbonyl (C=O) groups excluding carboxylic acids is 1. The molecule has 0 unspecified atom stereocenters. The van der Waals surface area contributed by atoms with Gasteiger partial charge in [0.05, 0.1) is 5.54 Å². The molecule has 1 aromatic rings. The smallest absolute Gasteiger partial charge is 0.235 e.